The van der Waals surface area contributed by atoms with Crippen molar-refractivity contribution in [2.45, 2.75) is 0 Å². The quantitative estimate of drug-likeness (QED) is 0.391. The zero-order valence-corrected chi connectivity index (χ0v) is 3.77. The lowest BCUT2D eigenvalue weighted by molar-refractivity contribution is -0.615. The third kappa shape index (κ3) is 3.43. The van der Waals surface area contributed by atoms with Crippen molar-refractivity contribution in [1.82, 2.24) is 0 Å². The summed E-state index contributed by atoms with van der Waals surface area (Å²) >= 11 is 0. The second-order valence-corrected chi connectivity index (χ2v) is 1.08. The van der Waals surface area contributed by atoms with Gasteiger partial charge in [-0.3, -0.25) is 4.79 Å². The van der Waals surface area contributed by atoms with E-state index in [-0.39, 0.29) is 5.91 Å². The van der Waals surface area contributed by atoms with E-state index in [0.29, 0.717) is 6.54 Å². The first-order chi connectivity index (χ1) is 2.77. The highest BCUT2D eigenvalue weighted by atomic mass is 16.1. The van der Waals surface area contributed by atoms with Crippen LogP contribution in [0.1, 0.15) is 0 Å². The highest BCUT2D eigenvalue weighted by Crippen LogP contribution is 1.34. The van der Waals surface area contributed by atoms with E-state index < -0.39 is 0 Å². The van der Waals surface area contributed by atoms with Crippen LogP contribution in [-0.4, -0.2) is 19.5 Å². The van der Waals surface area contributed by atoms with E-state index in [0.717, 1.165) is 0 Å². The van der Waals surface area contributed by atoms with Crippen LogP contribution in [0, 0.1) is 0 Å². The molecular formula is C3H9N2O+. The van der Waals surface area contributed by atoms with Crippen molar-refractivity contribution in [2.75, 3.05) is 13.6 Å². The predicted octanol–water partition coefficient (Wildman–Crippen LogP) is -2.34. The Balaban J connectivity index is 2.83. The van der Waals surface area contributed by atoms with Crippen LogP contribution < -0.4 is 11.1 Å². The van der Waals surface area contributed by atoms with Crippen molar-refractivity contribution < 1.29 is 10.1 Å². The van der Waals surface area contributed by atoms with E-state index in [2.05, 4.69) is 0 Å². The molecule has 0 radical (unpaired) electrons. The summed E-state index contributed by atoms with van der Waals surface area (Å²) in [5, 5.41) is 1.72. The first-order valence-corrected chi connectivity index (χ1v) is 1.83. The Labute approximate surface area is 36.5 Å². The Bertz CT molecular complexity index is 52.8. The number of nitrogens with two attached hydrogens (primary N) is 2. The van der Waals surface area contributed by atoms with E-state index in [1.807, 2.05) is 0 Å². The summed E-state index contributed by atoms with van der Waals surface area (Å²) in [5.41, 5.74) is 4.73. The molecule has 0 aromatic carbocycles. The number of rotatable bonds is 2. The van der Waals surface area contributed by atoms with Crippen molar-refractivity contribution in [3.63, 3.8) is 0 Å². The number of hydrogen-bond acceptors (Lipinski definition) is 1. The van der Waals surface area contributed by atoms with E-state index >= 15 is 0 Å². The minimum Gasteiger partial charge on any atom is -0.365 e. The average Bonchev–Trinajstić information content (AvgIpc) is 1.35. The molecule has 1 amide bonds. The first-order valence-electron chi connectivity index (χ1n) is 1.83. The van der Waals surface area contributed by atoms with Gasteiger partial charge in [-0.1, -0.05) is 0 Å². The Morgan fingerprint density at radius 3 is 2.50 bits per heavy atom. The molecule has 0 saturated carbocycles. The molecule has 6 heavy (non-hydrogen) atoms. The number of carbonyl (C=O) groups is 1. The van der Waals surface area contributed by atoms with Gasteiger partial charge in [0.1, 0.15) is 0 Å². The van der Waals surface area contributed by atoms with Gasteiger partial charge in [-0.2, -0.15) is 0 Å². The molecule has 3 heteroatoms. The summed E-state index contributed by atoms with van der Waals surface area (Å²) in [4.78, 5) is 9.79. The molecule has 0 aromatic heterocycles. The first kappa shape index (κ1) is 5.43. The van der Waals surface area contributed by atoms with Crippen molar-refractivity contribution >= 4 is 5.91 Å². The van der Waals surface area contributed by atoms with Gasteiger partial charge in [-0.05, 0) is 0 Å². The Hall–Kier alpha value is -0.570. The number of hydrogen-bond donors (Lipinski definition) is 2. The maximum atomic E-state index is 9.79. The lowest BCUT2D eigenvalue weighted by atomic mass is 10.6. The molecule has 0 bridgehead atoms. The maximum absolute atomic E-state index is 9.79. The molecule has 0 saturated heterocycles. The van der Waals surface area contributed by atoms with Crippen molar-refractivity contribution in [3.8, 4) is 0 Å². The molecule has 0 unspecified atom stereocenters. The minimum atomic E-state index is -0.266. The molecule has 0 aliphatic rings. The topological polar surface area (TPSA) is 59.7 Å². The van der Waals surface area contributed by atoms with Gasteiger partial charge in [-0.15, -0.1) is 0 Å². The van der Waals surface area contributed by atoms with Crippen LogP contribution >= 0.6 is 0 Å². The Morgan fingerprint density at radius 2 is 2.50 bits per heavy atom. The highest BCUT2D eigenvalue weighted by Gasteiger charge is 1.87. The molecule has 36 valence electrons. The highest BCUT2D eigenvalue weighted by molar-refractivity contribution is 5.74. The molecule has 0 heterocycles. The van der Waals surface area contributed by atoms with E-state index in [4.69, 9.17) is 5.73 Å². The van der Waals surface area contributed by atoms with Gasteiger partial charge in [0.25, 0.3) is 5.91 Å². The maximum Gasteiger partial charge on any atom is 0.272 e. The van der Waals surface area contributed by atoms with Crippen LogP contribution in [0.2, 0.25) is 0 Å². The van der Waals surface area contributed by atoms with Gasteiger partial charge in [0.05, 0.1) is 7.05 Å². The molecule has 0 aromatic rings. The zero-order valence-electron chi connectivity index (χ0n) is 3.77. The number of amides is 1. The monoisotopic (exact) mass is 89.1 g/mol. The molecule has 0 aliphatic heterocycles. The normalized spacial score (nSPS) is 8.17. The fraction of sp³-hybridized carbons (Fsp3) is 0.667. The molecule has 3 nitrogen and oxygen atoms in total. The number of primary amides is 1. The minimum absolute atomic E-state index is 0.266. The van der Waals surface area contributed by atoms with Gasteiger partial charge < -0.3 is 11.1 Å². The van der Waals surface area contributed by atoms with Crippen LogP contribution in [0.15, 0.2) is 0 Å². The van der Waals surface area contributed by atoms with Crippen LogP contribution in [-0.2, 0) is 4.79 Å². The lowest BCUT2D eigenvalue weighted by Gasteiger charge is -1.82. The summed E-state index contributed by atoms with van der Waals surface area (Å²) in [6.45, 7) is 0.389. The van der Waals surface area contributed by atoms with Crippen LogP contribution in [0.3, 0.4) is 0 Å². The van der Waals surface area contributed by atoms with Gasteiger partial charge in [0.2, 0.25) is 0 Å². The zero-order chi connectivity index (χ0) is 4.99. The predicted molar refractivity (Wildman–Crippen MR) is 21.9 cm³/mol. The van der Waals surface area contributed by atoms with Crippen molar-refractivity contribution in [3.05, 3.63) is 0 Å². The van der Waals surface area contributed by atoms with E-state index in [9.17, 15) is 4.79 Å². The number of likely N-dealkylation sites (N-methyl/N-ethyl adjacent to an activating group) is 1. The molecule has 0 fully saturated rings. The Morgan fingerprint density at radius 1 is 2.00 bits per heavy atom. The molecular weight excluding hydrogens is 80.0 g/mol. The second-order valence-electron chi connectivity index (χ2n) is 1.08. The molecule has 0 atom stereocenters. The summed E-state index contributed by atoms with van der Waals surface area (Å²) in [6, 6.07) is 0. The van der Waals surface area contributed by atoms with Crippen molar-refractivity contribution in [1.29, 1.82) is 0 Å². The van der Waals surface area contributed by atoms with Gasteiger partial charge in [0.15, 0.2) is 6.54 Å². The third-order valence-electron chi connectivity index (χ3n) is 0.405. The molecule has 4 N–H and O–H groups in total. The van der Waals surface area contributed by atoms with Gasteiger partial charge in [-0.25, -0.2) is 0 Å². The van der Waals surface area contributed by atoms with E-state index in [1.54, 1.807) is 12.4 Å². The van der Waals surface area contributed by atoms with E-state index in [1.165, 1.54) is 0 Å². The Kier molecular flexibility index (Phi) is 2.40. The summed E-state index contributed by atoms with van der Waals surface area (Å²) in [6.07, 6.45) is 0. The lowest BCUT2D eigenvalue weighted by Crippen LogP contribution is -2.82. The summed E-state index contributed by atoms with van der Waals surface area (Å²) in [7, 11) is 1.80. The smallest absolute Gasteiger partial charge is 0.272 e. The number of carbonyl (C=O) groups excluding carboxylic acids is 1. The summed E-state index contributed by atoms with van der Waals surface area (Å²) in [5.74, 6) is -0.266. The third-order valence-corrected chi connectivity index (χ3v) is 0.405. The SMILES string of the molecule is C[NH2+]CC(N)=O. The molecule has 0 rings (SSSR count). The fourth-order valence-corrected chi connectivity index (χ4v) is 0.201. The van der Waals surface area contributed by atoms with Gasteiger partial charge in [0, 0.05) is 0 Å². The summed E-state index contributed by atoms with van der Waals surface area (Å²) < 4.78 is 0. The van der Waals surface area contributed by atoms with Crippen LogP contribution in [0.4, 0.5) is 0 Å². The van der Waals surface area contributed by atoms with Crippen molar-refractivity contribution in [2.24, 2.45) is 5.73 Å². The van der Waals surface area contributed by atoms with Crippen LogP contribution in [0.25, 0.3) is 0 Å². The average molecular weight is 89.1 g/mol. The molecule has 0 aliphatic carbocycles. The van der Waals surface area contributed by atoms with Crippen LogP contribution in [0.5, 0.6) is 0 Å². The molecule has 0 spiro atoms. The standard InChI is InChI=1S/C3H8N2O/c1-5-2-3(4)6/h5H,2H2,1H3,(H2,4,6)/p+1. The largest absolute Gasteiger partial charge is 0.365 e. The van der Waals surface area contributed by atoms with Gasteiger partial charge >= 0.3 is 0 Å². The second kappa shape index (κ2) is 2.66. The fourth-order valence-electron chi connectivity index (χ4n) is 0.201. The number of quaternary nitrogens is 1.